The second-order valence-electron chi connectivity index (χ2n) is 4.49. The van der Waals surface area contributed by atoms with Gasteiger partial charge in [-0.15, -0.1) is 0 Å². The number of esters is 1. The number of allylic oxidation sites excluding steroid dienone is 4. The van der Waals surface area contributed by atoms with E-state index in [4.69, 9.17) is 0 Å². The number of carbonyl (C=O) groups excluding carboxylic acids is 2. The van der Waals surface area contributed by atoms with Gasteiger partial charge in [0.2, 0.25) is 5.91 Å². The lowest BCUT2D eigenvalue weighted by molar-refractivity contribution is -0.142. The molecule has 1 N–H and O–H groups in total. The van der Waals surface area contributed by atoms with Crippen LogP contribution in [0.15, 0.2) is 41.3 Å². The number of nitrogens with zero attached hydrogens (tertiary/aromatic N) is 1. The summed E-state index contributed by atoms with van der Waals surface area (Å²) in [6.07, 6.45) is 3.86. The van der Waals surface area contributed by atoms with E-state index in [1.54, 1.807) is 0 Å². The van der Waals surface area contributed by atoms with Crippen LogP contribution in [0.25, 0.3) is 0 Å². The molecule has 1 unspecified atom stereocenters. The molecule has 0 aromatic rings. The zero-order valence-electron chi connectivity index (χ0n) is 11.4. The number of carbonyl (C=O) groups is 2. The van der Waals surface area contributed by atoms with E-state index in [2.05, 4.69) is 15.8 Å². The van der Waals surface area contributed by atoms with Crippen LogP contribution in [0.1, 0.15) is 6.42 Å². The molecule has 5 nitrogen and oxygen atoms in total. The summed E-state index contributed by atoms with van der Waals surface area (Å²) in [6, 6.07) is -0.588. The van der Waals surface area contributed by atoms with E-state index in [1.807, 2.05) is 0 Å². The summed E-state index contributed by atoms with van der Waals surface area (Å²) >= 11 is 0. The third-order valence-corrected chi connectivity index (χ3v) is 3.23. The summed E-state index contributed by atoms with van der Waals surface area (Å²) in [4.78, 5) is 24.4. The molecule has 0 saturated carbocycles. The highest BCUT2D eigenvalue weighted by Crippen LogP contribution is 2.30. The van der Waals surface area contributed by atoms with Crippen molar-refractivity contribution in [1.29, 1.82) is 0 Å². The summed E-state index contributed by atoms with van der Waals surface area (Å²) in [5.74, 6) is -2.55. The molecule has 0 spiro atoms. The Balaban J connectivity index is 2.01. The number of likely N-dealkylation sites (tertiary alicyclic amines) is 1. The van der Waals surface area contributed by atoms with Crippen LogP contribution in [0.2, 0.25) is 0 Å². The number of hydrogen-bond donors (Lipinski definition) is 1. The smallest absolute Gasteiger partial charge is 0.325 e. The molecule has 1 heterocycles. The number of halogens is 2. The predicted octanol–water partition coefficient (Wildman–Crippen LogP) is 1.11. The lowest BCUT2D eigenvalue weighted by Crippen LogP contribution is -2.56. The molecule has 1 fully saturated rings. The number of methoxy groups -OCH3 is 1. The van der Waals surface area contributed by atoms with Crippen LogP contribution in [0.5, 0.6) is 0 Å². The quantitative estimate of drug-likeness (QED) is 0.623. The monoisotopic (exact) mass is 296 g/mol. The maximum Gasteiger partial charge on any atom is 0.325 e. The Bertz CT molecular complexity index is 589. The predicted molar refractivity (Wildman–Crippen MR) is 70.1 cm³/mol. The second-order valence-corrected chi connectivity index (χ2v) is 4.49. The first-order chi connectivity index (χ1) is 10.0. The molecule has 2 aliphatic rings. The molecule has 1 saturated heterocycles. The fourth-order valence-electron chi connectivity index (χ4n) is 2.04. The zero-order valence-corrected chi connectivity index (χ0v) is 11.4. The van der Waals surface area contributed by atoms with E-state index in [-0.39, 0.29) is 12.2 Å². The maximum atomic E-state index is 13.9. The van der Waals surface area contributed by atoms with Crippen LogP contribution >= 0.6 is 0 Å². The van der Waals surface area contributed by atoms with E-state index in [0.717, 1.165) is 6.08 Å². The fourth-order valence-corrected chi connectivity index (χ4v) is 2.04. The lowest BCUT2D eigenvalue weighted by Gasteiger charge is -2.42. The molecule has 112 valence electrons. The van der Waals surface area contributed by atoms with Gasteiger partial charge < -0.3 is 15.0 Å². The van der Waals surface area contributed by atoms with Crippen LogP contribution in [0, 0.1) is 0 Å². The number of amides is 1. The van der Waals surface area contributed by atoms with Crippen molar-refractivity contribution >= 4 is 11.9 Å². The first-order valence-corrected chi connectivity index (χ1v) is 6.34. The number of rotatable bonds is 4. The molecule has 0 bridgehead atoms. The first-order valence-electron chi connectivity index (χ1n) is 6.34. The van der Waals surface area contributed by atoms with E-state index in [9.17, 15) is 18.4 Å². The van der Waals surface area contributed by atoms with Gasteiger partial charge in [0.1, 0.15) is 18.4 Å². The molecule has 7 heteroatoms. The first kappa shape index (κ1) is 15.0. The highest BCUT2D eigenvalue weighted by atomic mass is 19.1. The molecular weight excluding hydrogens is 282 g/mol. The number of hydrogen-bond acceptors (Lipinski definition) is 4. The Morgan fingerprint density at radius 2 is 2.29 bits per heavy atom. The molecule has 1 aliphatic carbocycles. The molecule has 2 rings (SSSR count). The van der Waals surface area contributed by atoms with Gasteiger partial charge in [-0.25, -0.2) is 4.39 Å². The van der Waals surface area contributed by atoms with Crippen LogP contribution in [0.3, 0.4) is 0 Å². The highest BCUT2D eigenvalue weighted by Gasteiger charge is 2.36. The molecule has 21 heavy (non-hydrogen) atoms. The van der Waals surface area contributed by atoms with Gasteiger partial charge >= 0.3 is 5.97 Å². The van der Waals surface area contributed by atoms with Gasteiger partial charge in [-0.2, -0.15) is 4.39 Å². The molecule has 1 atom stereocenters. The second kappa shape index (κ2) is 6.37. The molecular formula is C14H14F2N2O3. The van der Waals surface area contributed by atoms with Crippen LogP contribution in [-0.4, -0.2) is 43.0 Å². The highest BCUT2D eigenvalue weighted by molar-refractivity contribution is 5.86. The molecule has 0 aromatic heterocycles. The summed E-state index contributed by atoms with van der Waals surface area (Å²) in [5.41, 5.74) is 2.37. The normalized spacial score (nSPS) is 20.6. The molecule has 0 radical (unpaired) electrons. The zero-order chi connectivity index (χ0) is 15.4. The Labute approximate surface area is 120 Å². The van der Waals surface area contributed by atoms with Gasteiger partial charge in [0.25, 0.3) is 0 Å². The summed E-state index contributed by atoms with van der Waals surface area (Å²) in [7, 11) is 1.22. The topological polar surface area (TPSA) is 58.6 Å². The van der Waals surface area contributed by atoms with Crippen LogP contribution in [-0.2, 0) is 14.3 Å². The average Bonchev–Trinajstić information content (AvgIpc) is 2.56. The van der Waals surface area contributed by atoms with Gasteiger partial charge in [0, 0.05) is 12.6 Å². The van der Waals surface area contributed by atoms with Crippen molar-refractivity contribution in [2.75, 3.05) is 20.2 Å². The largest absolute Gasteiger partial charge is 0.468 e. The third kappa shape index (κ3) is 3.38. The van der Waals surface area contributed by atoms with E-state index in [0.29, 0.717) is 13.0 Å². The summed E-state index contributed by atoms with van der Waals surface area (Å²) in [6.45, 7) is 0.228. The van der Waals surface area contributed by atoms with Crippen molar-refractivity contribution in [3.63, 3.8) is 0 Å². The van der Waals surface area contributed by atoms with Crippen LogP contribution in [0.4, 0.5) is 8.78 Å². The van der Waals surface area contributed by atoms with E-state index >= 15 is 0 Å². The minimum Gasteiger partial charge on any atom is -0.468 e. The summed E-state index contributed by atoms with van der Waals surface area (Å²) < 4.78 is 31.3. The van der Waals surface area contributed by atoms with Gasteiger partial charge in [-0.3, -0.25) is 9.59 Å². The standard InChI is InChI=1S/C14H14F2N2O3/c1-21-13(19)8-17-14(20)12-5-6-18(12)11-4-2-3-9(15)7-10(11)16/h2,4,7,12H,5-6,8H2,1H3,(H,17,20). The van der Waals surface area contributed by atoms with Crippen molar-refractivity contribution in [3.05, 3.63) is 41.3 Å². The van der Waals surface area contributed by atoms with Gasteiger partial charge in [0.15, 0.2) is 5.83 Å². The summed E-state index contributed by atoms with van der Waals surface area (Å²) in [5, 5.41) is 2.41. The van der Waals surface area contributed by atoms with Crippen molar-refractivity contribution < 1.29 is 23.1 Å². The fraction of sp³-hybridized carbons (Fsp3) is 0.357. The van der Waals surface area contributed by atoms with Crippen LogP contribution < -0.4 is 5.32 Å². The Morgan fingerprint density at radius 1 is 1.52 bits per heavy atom. The molecule has 1 aliphatic heterocycles. The Morgan fingerprint density at radius 3 is 2.90 bits per heavy atom. The van der Waals surface area contributed by atoms with Crippen molar-refractivity contribution in [2.24, 2.45) is 0 Å². The molecule has 1 amide bonds. The Hall–Kier alpha value is -2.40. The van der Waals surface area contributed by atoms with Crippen molar-refractivity contribution in [3.8, 4) is 0 Å². The van der Waals surface area contributed by atoms with E-state index in [1.165, 1.54) is 24.2 Å². The SMILES string of the molecule is COC(=O)CNC(=O)C1CCN1C1=CC=C=C(F)C=C1F. The number of ether oxygens (including phenoxy) is 1. The maximum absolute atomic E-state index is 13.9. The van der Waals surface area contributed by atoms with E-state index < -0.39 is 29.6 Å². The van der Waals surface area contributed by atoms with Gasteiger partial charge in [-0.05, 0) is 18.6 Å². The minimum absolute atomic E-state index is 0.125. The lowest BCUT2D eigenvalue weighted by atomic mass is 10.00. The van der Waals surface area contributed by atoms with Crippen molar-refractivity contribution in [1.82, 2.24) is 10.2 Å². The Kier molecular flexibility index (Phi) is 4.55. The molecule has 0 aromatic carbocycles. The van der Waals surface area contributed by atoms with Crippen molar-refractivity contribution in [2.45, 2.75) is 12.5 Å². The third-order valence-electron chi connectivity index (χ3n) is 3.23. The number of nitrogens with one attached hydrogen (secondary N) is 1. The van der Waals surface area contributed by atoms with Gasteiger partial charge in [0.05, 0.1) is 12.8 Å². The average molecular weight is 296 g/mol. The minimum atomic E-state index is -0.814. The van der Waals surface area contributed by atoms with Gasteiger partial charge in [-0.1, -0.05) is 5.73 Å².